The first-order chi connectivity index (χ1) is 12.2. The number of carbonyl (C=O) groups excluding carboxylic acids is 1. The molecule has 0 unspecified atom stereocenters. The van der Waals surface area contributed by atoms with E-state index in [1.165, 1.54) is 23.5 Å². The van der Waals surface area contributed by atoms with Gasteiger partial charge in [0.2, 0.25) is 5.91 Å². The van der Waals surface area contributed by atoms with Crippen molar-refractivity contribution in [2.24, 2.45) is 0 Å². The lowest BCUT2D eigenvalue weighted by Gasteiger charge is -2.07. The maximum atomic E-state index is 13.3. The van der Waals surface area contributed by atoms with Gasteiger partial charge in [-0.05, 0) is 17.7 Å². The van der Waals surface area contributed by atoms with Crippen LogP contribution in [-0.2, 0) is 11.2 Å². The second-order valence-electron chi connectivity index (χ2n) is 5.59. The molecule has 25 heavy (non-hydrogen) atoms. The summed E-state index contributed by atoms with van der Waals surface area (Å²) in [5.74, 6) is 0.0690. The minimum Gasteiger partial charge on any atom is -0.310 e. The molecular weight excluding hydrogens is 337 g/mol. The lowest BCUT2D eigenvalue weighted by molar-refractivity contribution is -0.115. The Bertz CT molecular complexity index is 1040. The van der Waals surface area contributed by atoms with Gasteiger partial charge in [-0.25, -0.2) is 9.37 Å². The predicted octanol–water partition coefficient (Wildman–Crippen LogP) is 4.38. The number of hydrogen-bond acceptors (Lipinski definition) is 3. The predicted molar refractivity (Wildman–Crippen MR) is 97.2 cm³/mol. The number of fused-ring (bicyclic) bond motifs is 1. The van der Waals surface area contributed by atoms with Crippen LogP contribution >= 0.6 is 11.3 Å². The number of benzene rings is 2. The zero-order valence-corrected chi connectivity index (χ0v) is 14.0. The highest BCUT2D eigenvalue weighted by Crippen LogP contribution is 2.30. The Morgan fingerprint density at radius 3 is 2.80 bits per heavy atom. The molecule has 124 valence electrons. The van der Waals surface area contributed by atoms with Crippen molar-refractivity contribution in [1.29, 1.82) is 0 Å². The molecule has 0 bridgehead atoms. The highest BCUT2D eigenvalue weighted by Gasteiger charge is 2.17. The van der Waals surface area contributed by atoms with Gasteiger partial charge in [-0.2, -0.15) is 0 Å². The van der Waals surface area contributed by atoms with Crippen molar-refractivity contribution in [3.63, 3.8) is 0 Å². The van der Waals surface area contributed by atoms with E-state index in [2.05, 4.69) is 10.3 Å². The summed E-state index contributed by atoms with van der Waals surface area (Å²) in [5.41, 5.74) is 2.28. The Hall–Kier alpha value is -2.99. The number of aromatic nitrogens is 2. The van der Waals surface area contributed by atoms with Crippen molar-refractivity contribution in [2.75, 3.05) is 5.32 Å². The largest absolute Gasteiger partial charge is 0.310 e. The van der Waals surface area contributed by atoms with Crippen LogP contribution in [0, 0.1) is 5.82 Å². The molecule has 4 rings (SSSR count). The van der Waals surface area contributed by atoms with E-state index in [1.54, 1.807) is 12.1 Å². The fourth-order valence-corrected chi connectivity index (χ4v) is 3.43. The van der Waals surface area contributed by atoms with E-state index in [0.717, 1.165) is 16.2 Å². The molecule has 0 radical (unpaired) electrons. The maximum Gasteiger partial charge on any atom is 0.229 e. The highest BCUT2D eigenvalue weighted by molar-refractivity contribution is 7.15. The maximum absolute atomic E-state index is 13.3. The Morgan fingerprint density at radius 1 is 1.16 bits per heavy atom. The average molecular weight is 351 g/mol. The molecule has 0 fully saturated rings. The highest BCUT2D eigenvalue weighted by atomic mass is 32.1. The number of nitrogens with one attached hydrogen (secondary N) is 1. The van der Waals surface area contributed by atoms with Gasteiger partial charge in [-0.3, -0.25) is 9.20 Å². The van der Waals surface area contributed by atoms with Crippen LogP contribution in [0.5, 0.6) is 0 Å². The molecule has 6 heteroatoms. The third-order valence-electron chi connectivity index (χ3n) is 3.82. The molecule has 0 spiro atoms. The normalized spacial score (nSPS) is 10.9. The Kier molecular flexibility index (Phi) is 4.03. The number of nitrogens with zero attached hydrogens (tertiary/aromatic N) is 2. The van der Waals surface area contributed by atoms with Crippen molar-refractivity contribution in [2.45, 2.75) is 6.42 Å². The topological polar surface area (TPSA) is 46.4 Å². The fraction of sp³-hybridized carbons (Fsp3) is 0.0526. The van der Waals surface area contributed by atoms with Gasteiger partial charge in [-0.15, -0.1) is 11.3 Å². The molecule has 0 atom stereocenters. The molecule has 2 aromatic heterocycles. The first-order valence-electron chi connectivity index (χ1n) is 7.76. The summed E-state index contributed by atoms with van der Waals surface area (Å²) in [6.07, 6.45) is 1.97. The van der Waals surface area contributed by atoms with E-state index in [9.17, 15) is 9.18 Å². The molecule has 4 nitrogen and oxygen atoms in total. The summed E-state index contributed by atoms with van der Waals surface area (Å²) in [5, 5.41) is 4.85. The van der Waals surface area contributed by atoms with E-state index < -0.39 is 0 Å². The summed E-state index contributed by atoms with van der Waals surface area (Å²) >= 11 is 1.50. The van der Waals surface area contributed by atoms with E-state index >= 15 is 0 Å². The van der Waals surface area contributed by atoms with E-state index in [-0.39, 0.29) is 18.1 Å². The number of carbonyl (C=O) groups is 1. The standard InChI is InChI=1S/C19H14FN3OS/c20-15-8-4-5-13(11-15)12-16(24)21-18-17(14-6-2-1-3-7-14)22-19-23(18)9-10-25-19/h1-11H,12H2,(H,21,24). The molecule has 0 aliphatic heterocycles. The van der Waals surface area contributed by atoms with Gasteiger partial charge < -0.3 is 5.32 Å². The van der Waals surface area contributed by atoms with Crippen LogP contribution in [0.15, 0.2) is 66.2 Å². The Morgan fingerprint density at radius 2 is 2.00 bits per heavy atom. The van der Waals surface area contributed by atoms with Crippen molar-refractivity contribution in [3.8, 4) is 11.3 Å². The molecule has 1 amide bonds. The number of amides is 1. The first-order valence-corrected chi connectivity index (χ1v) is 8.64. The monoisotopic (exact) mass is 351 g/mol. The van der Waals surface area contributed by atoms with Crippen molar-refractivity contribution < 1.29 is 9.18 Å². The average Bonchev–Trinajstić information content (AvgIpc) is 3.18. The molecule has 4 aromatic rings. The third-order valence-corrected chi connectivity index (χ3v) is 4.58. The summed E-state index contributed by atoms with van der Waals surface area (Å²) in [6.45, 7) is 0. The van der Waals surface area contributed by atoms with Crippen LogP contribution in [0.4, 0.5) is 10.2 Å². The van der Waals surface area contributed by atoms with Gasteiger partial charge in [-0.1, -0.05) is 42.5 Å². The summed E-state index contributed by atoms with van der Waals surface area (Å²) in [7, 11) is 0. The van der Waals surface area contributed by atoms with Gasteiger partial charge in [0.25, 0.3) is 0 Å². The summed E-state index contributed by atoms with van der Waals surface area (Å²) in [6, 6.07) is 15.8. The van der Waals surface area contributed by atoms with Crippen LogP contribution < -0.4 is 5.32 Å². The summed E-state index contributed by atoms with van der Waals surface area (Å²) in [4.78, 5) is 17.9. The summed E-state index contributed by atoms with van der Waals surface area (Å²) < 4.78 is 15.2. The van der Waals surface area contributed by atoms with Crippen LogP contribution in [0.3, 0.4) is 0 Å². The molecule has 0 saturated carbocycles. The number of anilines is 1. The third kappa shape index (κ3) is 3.16. The number of halogens is 1. The van der Waals surface area contributed by atoms with Crippen molar-refractivity contribution in [3.05, 3.63) is 77.6 Å². The minimum absolute atomic E-state index is 0.101. The van der Waals surface area contributed by atoms with Crippen molar-refractivity contribution in [1.82, 2.24) is 9.38 Å². The number of hydrogen-bond donors (Lipinski definition) is 1. The molecule has 2 aromatic carbocycles. The lowest BCUT2D eigenvalue weighted by Crippen LogP contribution is -2.16. The number of thiazole rings is 1. The Labute approximate surface area is 147 Å². The van der Waals surface area contributed by atoms with Crippen LogP contribution in [-0.4, -0.2) is 15.3 Å². The molecule has 0 aliphatic carbocycles. The van der Waals surface area contributed by atoms with Gasteiger partial charge in [0, 0.05) is 17.1 Å². The quantitative estimate of drug-likeness (QED) is 0.593. The zero-order valence-electron chi connectivity index (χ0n) is 13.1. The second-order valence-corrected chi connectivity index (χ2v) is 6.46. The molecular formula is C19H14FN3OS. The van der Waals surface area contributed by atoms with E-state index in [1.807, 2.05) is 46.3 Å². The van der Waals surface area contributed by atoms with Crippen LogP contribution in [0.1, 0.15) is 5.56 Å². The second kappa shape index (κ2) is 6.49. The lowest BCUT2D eigenvalue weighted by atomic mass is 10.1. The molecule has 1 N–H and O–H groups in total. The SMILES string of the molecule is O=C(Cc1cccc(F)c1)Nc1c(-c2ccccc2)nc2sccn12. The van der Waals surface area contributed by atoms with Gasteiger partial charge >= 0.3 is 0 Å². The first kappa shape index (κ1) is 15.5. The smallest absolute Gasteiger partial charge is 0.229 e. The molecule has 0 saturated heterocycles. The number of rotatable bonds is 4. The molecule has 2 heterocycles. The van der Waals surface area contributed by atoms with Gasteiger partial charge in [0.05, 0.1) is 6.42 Å². The van der Waals surface area contributed by atoms with Crippen molar-refractivity contribution >= 4 is 28.0 Å². The van der Waals surface area contributed by atoms with E-state index in [0.29, 0.717) is 11.4 Å². The molecule has 0 aliphatic rings. The van der Waals surface area contributed by atoms with E-state index in [4.69, 9.17) is 0 Å². The van der Waals surface area contributed by atoms with Crippen LogP contribution in [0.25, 0.3) is 16.2 Å². The number of imidazole rings is 1. The Balaban J connectivity index is 1.66. The minimum atomic E-state index is -0.347. The van der Waals surface area contributed by atoms with Gasteiger partial charge in [0.15, 0.2) is 4.96 Å². The fourth-order valence-electron chi connectivity index (χ4n) is 2.71. The van der Waals surface area contributed by atoms with Crippen LogP contribution in [0.2, 0.25) is 0 Å². The van der Waals surface area contributed by atoms with Gasteiger partial charge in [0.1, 0.15) is 17.3 Å². The zero-order chi connectivity index (χ0) is 17.2.